The molecule has 3 aromatic rings. The van der Waals surface area contributed by atoms with E-state index >= 15 is 0 Å². The predicted octanol–water partition coefficient (Wildman–Crippen LogP) is 4.64. The fraction of sp³-hybridized carbons (Fsp3) is 0.333. The third-order valence-electron chi connectivity index (χ3n) is 4.40. The largest absolute Gasteiger partial charge is 0.382 e. The Morgan fingerprint density at radius 3 is 2.84 bits per heavy atom. The van der Waals surface area contributed by atoms with Crippen molar-refractivity contribution in [1.82, 2.24) is 14.5 Å². The minimum atomic E-state index is -0.556. The molecule has 1 aromatic carbocycles. The molecule has 0 aliphatic rings. The molecule has 1 N–H and O–H groups in total. The lowest BCUT2D eigenvalue weighted by atomic mass is 10.2. The Bertz CT molecular complexity index is 1140. The van der Waals surface area contributed by atoms with Crippen molar-refractivity contribution in [3.63, 3.8) is 0 Å². The molecule has 10 heteroatoms. The second-order valence-corrected chi connectivity index (χ2v) is 8.80. The number of ether oxygens (including phenoxy) is 1. The number of hydrogen-bond donors (Lipinski definition) is 1. The third-order valence-corrected chi connectivity index (χ3v) is 5.99. The van der Waals surface area contributed by atoms with E-state index in [-0.39, 0.29) is 22.3 Å². The summed E-state index contributed by atoms with van der Waals surface area (Å²) in [5.41, 5.74) is 0.450. The molecule has 2 aromatic heterocycles. The van der Waals surface area contributed by atoms with Gasteiger partial charge in [-0.1, -0.05) is 47.1 Å². The number of pyridine rings is 1. The summed E-state index contributed by atoms with van der Waals surface area (Å²) in [7, 11) is 0. The van der Waals surface area contributed by atoms with Crippen LogP contribution in [-0.2, 0) is 16.1 Å². The summed E-state index contributed by atoms with van der Waals surface area (Å²) in [6, 6.07) is 8.68. The Kier molecular flexibility index (Phi) is 8.31. The van der Waals surface area contributed by atoms with Crippen LogP contribution in [0, 0.1) is 0 Å². The second kappa shape index (κ2) is 10.9. The molecule has 1 unspecified atom stereocenters. The molecule has 0 saturated carbocycles. The van der Waals surface area contributed by atoms with Crippen molar-refractivity contribution in [3.8, 4) is 0 Å². The Balaban J connectivity index is 1.84. The van der Waals surface area contributed by atoms with Crippen LogP contribution < -0.4 is 10.9 Å². The van der Waals surface area contributed by atoms with Crippen molar-refractivity contribution in [2.24, 2.45) is 0 Å². The SMILES string of the molecule is CCOCCCn1c(SC(C)C(=O)Nc2ncc(Cl)cc2Cl)nc2ccccc2c1=O. The van der Waals surface area contributed by atoms with Crippen molar-refractivity contribution < 1.29 is 9.53 Å². The number of thioether (sulfide) groups is 1. The molecule has 0 aliphatic heterocycles. The van der Waals surface area contributed by atoms with E-state index < -0.39 is 5.25 Å². The molecule has 0 fully saturated rings. The standard InChI is InChI=1S/C21H22Cl2N4O3S/c1-3-30-10-6-9-27-20(29)15-7-4-5-8-17(15)25-21(27)31-13(2)19(28)26-18-16(23)11-14(22)12-24-18/h4-5,7-8,11-13H,3,6,9-10H2,1-2H3,(H,24,26,28). The van der Waals surface area contributed by atoms with Crippen LogP contribution in [0.3, 0.4) is 0 Å². The number of amides is 1. The third kappa shape index (κ3) is 5.98. The van der Waals surface area contributed by atoms with Crippen molar-refractivity contribution in [2.75, 3.05) is 18.5 Å². The van der Waals surface area contributed by atoms with Gasteiger partial charge in [0.15, 0.2) is 11.0 Å². The molecule has 0 spiro atoms. The number of hydrogen-bond acceptors (Lipinski definition) is 6. The number of halogens is 2. The predicted molar refractivity (Wildman–Crippen MR) is 125 cm³/mol. The van der Waals surface area contributed by atoms with Crippen molar-refractivity contribution in [2.45, 2.75) is 37.2 Å². The molecular formula is C21H22Cl2N4O3S. The lowest BCUT2D eigenvalue weighted by molar-refractivity contribution is -0.115. The maximum atomic E-state index is 13.1. The Hall–Kier alpha value is -2.13. The van der Waals surface area contributed by atoms with Gasteiger partial charge < -0.3 is 10.1 Å². The lowest BCUT2D eigenvalue weighted by Gasteiger charge is -2.16. The van der Waals surface area contributed by atoms with Gasteiger partial charge in [-0.3, -0.25) is 14.2 Å². The van der Waals surface area contributed by atoms with Crippen molar-refractivity contribution >= 4 is 57.6 Å². The van der Waals surface area contributed by atoms with E-state index in [4.69, 9.17) is 27.9 Å². The molecule has 0 saturated heterocycles. The van der Waals surface area contributed by atoms with E-state index in [1.807, 2.05) is 19.1 Å². The molecule has 0 bridgehead atoms. The Labute approximate surface area is 194 Å². The lowest BCUT2D eigenvalue weighted by Crippen LogP contribution is -2.27. The van der Waals surface area contributed by atoms with Crippen LogP contribution in [0.5, 0.6) is 0 Å². The Morgan fingerprint density at radius 2 is 2.10 bits per heavy atom. The summed E-state index contributed by atoms with van der Waals surface area (Å²) in [6.07, 6.45) is 2.06. The van der Waals surface area contributed by atoms with E-state index in [1.54, 1.807) is 23.6 Å². The monoisotopic (exact) mass is 480 g/mol. The summed E-state index contributed by atoms with van der Waals surface area (Å²) >= 11 is 13.1. The fourth-order valence-corrected chi connectivity index (χ4v) is 4.20. The number of carbonyl (C=O) groups excluding carboxylic acids is 1. The quantitative estimate of drug-likeness (QED) is 0.272. The van der Waals surface area contributed by atoms with Crippen LogP contribution in [-0.4, -0.2) is 38.9 Å². The molecule has 31 heavy (non-hydrogen) atoms. The zero-order valence-corrected chi connectivity index (χ0v) is 19.4. The summed E-state index contributed by atoms with van der Waals surface area (Å²) in [5.74, 6) is -0.0888. The topological polar surface area (TPSA) is 86.1 Å². The van der Waals surface area contributed by atoms with Crippen LogP contribution in [0.4, 0.5) is 5.82 Å². The fourth-order valence-electron chi connectivity index (χ4n) is 2.84. The highest BCUT2D eigenvalue weighted by molar-refractivity contribution is 8.00. The van der Waals surface area contributed by atoms with E-state index in [9.17, 15) is 9.59 Å². The molecule has 164 valence electrons. The Morgan fingerprint density at radius 1 is 1.32 bits per heavy atom. The van der Waals surface area contributed by atoms with Gasteiger partial charge in [0.2, 0.25) is 5.91 Å². The highest BCUT2D eigenvalue weighted by Gasteiger charge is 2.20. The maximum Gasteiger partial charge on any atom is 0.262 e. The number of anilines is 1. The first kappa shape index (κ1) is 23.5. The van der Waals surface area contributed by atoms with E-state index in [0.29, 0.717) is 47.3 Å². The first-order valence-corrected chi connectivity index (χ1v) is 11.4. The minimum absolute atomic E-state index is 0.139. The van der Waals surface area contributed by atoms with Gasteiger partial charge in [0.05, 0.1) is 26.2 Å². The maximum absolute atomic E-state index is 13.1. The van der Waals surface area contributed by atoms with Gasteiger partial charge in [0, 0.05) is 26.0 Å². The van der Waals surface area contributed by atoms with Gasteiger partial charge in [0.1, 0.15) is 0 Å². The summed E-state index contributed by atoms with van der Waals surface area (Å²) < 4.78 is 6.99. The van der Waals surface area contributed by atoms with E-state index in [1.165, 1.54) is 24.0 Å². The number of nitrogens with zero attached hydrogens (tertiary/aromatic N) is 3. The van der Waals surface area contributed by atoms with Crippen LogP contribution in [0.15, 0.2) is 46.5 Å². The summed E-state index contributed by atoms with van der Waals surface area (Å²) in [4.78, 5) is 34.5. The average molecular weight is 481 g/mol. The van der Waals surface area contributed by atoms with Gasteiger partial charge in [-0.25, -0.2) is 9.97 Å². The molecule has 7 nitrogen and oxygen atoms in total. The van der Waals surface area contributed by atoms with Crippen LogP contribution in [0.1, 0.15) is 20.3 Å². The number of fused-ring (bicyclic) bond motifs is 1. The van der Waals surface area contributed by atoms with Gasteiger partial charge in [-0.05, 0) is 38.5 Å². The molecule has 1 atom stereocenters. The summed E-state index contributed by atoms with van der Waals surface area (Å²) in [5, 5.41) is 3.77. The first-order valence-electron chi connectivity index (χ1n) is 9.76. The van der Waals surface area contributed by atoms with Gasteiger partial charge in [0.25, 0.3) is 5.56 Å². The number of rotatable bonds is 9. The second-order valence-electron chi connectivity index (χ2n) is 6.65. The number of aromatic nitrogens is 3. The van der Waals surface area contributed by atoms with Crippen molar-refractivity contribution in [1.29, 1.82) is 0 Å². The first-order chi connectivity index (χ1) is 14.9. The molecule has 0 radical (unpaired) electrons. The van der Waals surface area contributed by atoms with E-state index in [2.05, 4.69) is 15.3 Å². The average Bonchev–Trinajstić information content (AvgIpc) is 2.75. The van der Waals surface area contributed by atoms with Gasteiger partial charge in [-0.2, -0.15) is 0 Å². The number of para-hydroxylation sites is 1. The van der Waals surface area contributed by atoms with Crippen molar-refractivity contribution in [3.05, 3.63) is 56.9 Å². The van der Waals surface area contributed by atoms with Crippen LogP contribution >= 0.6 is 35.0 Å². The highest BCUT2D eigenvalue weighted by atomic mass is 35.5. The molecule has 0 aliphatic carbocycles. The molecule has 3 rings (SSSR count). The summed E-state index contributed by atoms with van der Waals surface area (Å²) in [6.45, 7) is 5.25. The number of benzene rings is 1. The molecular weight excluding hydrogens is 459 g/mol. The van der Waals surface area contributed by atoms with Gasteiger partial charge in [-0.15, -0.1) is 0 Å². The van der Waals surface area contributed by atoms with E-state index in [0.717, 1.165) is 0 Å². The normalized spacial score (nSPS) is 12.1. The molecule has 2 heterocycles. The zero-order valence-electron chi connectivity index (χ0n) is 17.1. The van der Waals surface area contributed by atoms with Crippen LogP contribution in [0.25, 0.3) is 10.9 Å². The minimum Gasteiger partial charge on any atom is -0.382 e. The smallest absolute Gasteiger partial charge is 0.262 e. The zero-order chi connectivity index (χ0) is 22.4. The highest BCUT2D eigenvalue weighted by Crippen LogP contribution is 2.26. The number of carbonyl (C=O) groups is 1. The van der Waals surface area contributed by atoms with Crippen LogP contribution in [0.2, 0.25) is 10.0 Å². The molecule has 1 amide bonds. The van der Waals surface area contributed by atoms with Gasteiger partial charge >= 0.3 is 0 Å². The number of nitrogens with one attached hydrogen (secondary N) is 1.